The topological polar surface area (TPSA) is 104 Å². The molecule has 3 aromatic heterocycles. The zero-order chi connectivity index (χ0) is 12.5. The molecule has 0 bridgehead atoms. The highest BCUT2D eigenvalue weighted by atomic mass is 15.0. The second-order valence-electron chi connectivity index (χ2n) is 3.78. The molecule has 0 amide bonds. The van der Waals surface area contributed by atoms with Gasteiger partial charge in [0.1, 0.15) is 5.82 Å². The summed E-state index contributed by atoms with van der Waals surface area (Å²) in [5.74, 6) is 0.555. The molecule has 3 heterocycles. The Balaban J connectivity index is 2.25. The molecular formula is C12H10N6. The van der Waals surface area contributed by atoms with Crippen molar-refractivity contribution < 1.29 is 0 Å². The minimum absolute atomic E-state index is 0.181. The Morgan fingerprint density at radius 3 is 2.67 bits per heavy atom. The largest absolute Gasteiger partial charge is 0.383 e. The Hall–Kier alpha value is -2.76. The summed E-state index contributed by atoms with van der Waals surface area (Å²) in [5.41, 5.74) is 13.4. The van der Waals surface area contributed by atoms with E-state index in [-0.39, 0.29) is 5.95 Å². The van der Waals surface area contributed by atoms with Crippen LogP contribution in [-0.4, -0.2) is 19.9 Å². The number of anilines is 2. The molecule has 3 rings (SSSR count). The van der Waals surface area contributed by atoms with Gasteiger partial charge in [-0.05, 0) is 18.2 Å². The van der Waals surface area contributed by atoms with Crippen LogP contribution in [0, 0.1) is 0 Å². The van der Waals surface area contributed by atoms with Crippen LogP contribution >= 0.6 is 0 Å². The third kappa shape index (κ3) is 1.69. The number of fused-ring (bicyclic) bond motifs is 1. The second-order valence-corrected chi connectivity index (χ2v) is 3.78. The van der Waals surface area contributed by atoms with Crippen LogP contribution in [0.15, 0.2) is 36.7 Å². The molecule has 0 unspecified atom stereocenters. The molecule has 0 atom stereocenters. The second kappa shape index (κ2) is 3.92. The molecule has 0 saturated heterocycles. The molecule has 0 spiro atoms. The summed E-state index contributed by atoms with van der Waals surface area (Å²) >= 11 is 0. The first-order valence-electron chi connectivity index (χ1n) is 5.34. The average molecular weight is 238 g/mol. The molecule has 0 aliphatic rings. The van der Waals surface area contributed by atoms with Crippen molar-refractivity contribution in [1.29, 1.82) is 0 Å². The molecule has 0 aliphatic carbocycles. The van der Waals surface area contributed by atoms with Crippen molar-refractivity contribution in [2.45, 2.75) is 0 Å². The van der Waals surface area contributed by atoms with E-state index in [1.54, 1.807) is 12.4 Å². The van der Waals surface area contributed by atoms with Crippen LogP contribution in [0.3, 0.4) is 0 Å². The molecule has 0 aliphatic heterocycles. The molecule has 0 saturated carbocycles. The Bertz CT molecular complexity index is 710. The molecular weight excluding hydrogens is 228 g/mol. The maximum Gasteiger partial charge on any atom is 0.222 e. The number of pyridine rings is 2. The third-order valence-electron chi connectivity index (χ3n) is 2.56. The first-order chi connectivity index (χ1) is 8.74. The molecule has 4 N–H and O–H groups in total. The number of rotatable bonds is 1. The van der Waals surface area contributed by atoms with Gasteiger partial charge in [0.25, 0.3) is 0 Å². The van der Waals surface area contributed by atoms with Crippen LogP contribution in [0.25, 0.3) is 22.3 Å². The van der Waals surface area contributed by atoms with E-state index in [1.165, 1.54) is 0 Å². The van der Waals surface area contributed by atoms with E-state index in [2.05, 4.69) is 19.9 Å². The SMILES string of the molecule is Nc1ncc2cc(-c3ccccn3)c(N)nc2n1. The van der Waals surface area contributed by atoms with Crippen LogP contribution in [-0.2, 0) is 0 Å². The lowest BCUT2D eigenvalue weighted by molar-refractivity contribution is 1.20. The summed E-state index contributed by atoms with van der Waals surface area (Å²) in [4.78, 5) is 16.4. The summed E-state index contributed by atoms with van der Waals surface area (Å²) in [6, 6.07) is 7.47. The summed E-state index contributed by atoms with van der Waals surface area (Å²) in [6.07, 6.45) is 3.33. The fraction of sp³-hybridized carbons (Fsp3) is 0. The number of aromatic nitrogens is 4. The lowest BCUT2D eigenvalue weighted by Gasteiger charge is -2.06. The van der Waals surface area contributed by atoms with E-state index in [4.69, 9.17) is 11.5 Å². The molecule has 0 radical (unpaired) electrons. The van der Waals surface area contributed by atoms with Crippen molar-refractivity contribution in [3.8, 4) is 11.3 Å². The first kappa shape index (κ1) is 10.4. The Labute approximate surface area is 103 Å². The highest BCUT2D eigenvalue weighted by Gasteiger charge is 2.08. The van der Waals surface area contributed by atoms with Crippen molar-refractivity contribution in [2.24, 2.45) is 0 Å². The predicted octanol–water partition coefficient (Wildman–Crippen LogP) is 1.25. The van der Waals surface area contributed by atoms with Gasteiger partial charge in [0.15, 0.2) is 5.65 Å². The Morgan fingerprint density at radius 1 is 1.00 bits per heavy atom. The number of hydrogen-bond acceptors (Lipinski definition) is 6. The van der Waals surface area contributed by atoms with E-state index in [0.717, 1.165) is 16.6 Å². The molecule has 0 aromatic carbocycles. The van der Waals surface area contributed by atoms with Crippen molar-refractivity contribution in [3.63, 3.8) is 0 Å². The number of nitrogens with zero attached hydrogens (tertiary/aromatic N) is 4. The lowest BCUT2D eigenvalue weighted by atomic mass is 10.1. The first-order valence-corrected chi connectivity index (χ1v) is 5.34. The van der Waals surface area contributed by atoms with Crippen LogP contribution < -0.4 is 11.5 Å². The van der Waals surface area contributed by atoms with E-state index < -0.39 is 0 Å². The molecule has 6 nitrogen and oxygen atoms in total. The van der Waals surface area contributed by atoms with Gasteiger partial charge in [-0.2, -0.15) is 4.98 Å². The number of nitrogen functional groups attached to an aromatic ring is 2. The van der Waals surface area contributed by atoms with Gasteiger partial charge in [-0.15, -0.1) is 0 Å². The van der Waals surface area contributed by atoms with Crippen molar-refractivity contribution >= 4 is 22.8 Å². The summed E-state index contributed by atoms with van der Waals surface area (Å²) in [5, 5.41) is 0.777. The van der Waals surface area contributed by atoms with E-state index >= 15 is 0 Å². The maximum absolute atomic E-state index is 5.92. The Kier molecular flexibility index (Phi) is 2.26. The van der Waals surface area contributed by atoms with Gasteiger partial charge in [0.05, 0.1) is 5.69 Å². The van der Waals surface area contributed by atoms with Gasteiger partial charge < -0.3 is 11.5 Å². The smallest absolute Gasteiger partial charge is 0.222 e. The molecule has 6 heteroatoms. The number of hydrogen-bond donors (Lipinski definition) is 2. The fourth-order valence-corrected chi connectivity index (χ4v) is 1.72. The van der Waals surface area contributed by atoms with Crippen molar-refractivity contribution in [2.75, 3.05) is 11.5 Å². The van der Waals surface area contributed by atoms with Gasteiger partial charge >= 0.3 is 0 Å². The van der Waals surface area contributed by atoms with Gasteiger partial charge in [-0.25, -0.2) is 9.97 Å². The van der Waals surface area contributed by atoms with Crippen LogP contribution in [0.2, 0.25) is 0 Å². The molecule has 3 aromatic rings. The third-order valence-corrected chi connectivity index (χ3v) is 2.56. The van der Waals surface area contributed by atoms with Gasteiger partial charge in [-0.3, -0.25) is 4.98 Å². The minimum Gasteiger partial charge on any atom is -0.383 e. The van der Waals surface area contributed by atoms with Crippen molar-refractivity contribution in [1.82, 2.24) is 19.9 Å². The summed E-state index contributed by atoms with van der Waals surface area (Å²) in [6.45, 7) is 0. The summed E-state index contributed by atoms with van der Waals surface area (Å²) in [7, 11) is 0. The highest BCUT2D eigenvalue weighted by Crippen LogP contribution is 2.25. The minimum atomic E-state index is 0.181. The van der Waals surface area contributed by atoms with Gasteiger partial charge in [-0.1, -0.05) is 6.07 Å². The maximum atomic E-state index is 5.92. The van der Waals surface area contributed by atoms with E-state index in [0.29, 0.717) is 11.5 Å². The normalized spacial score (nSPS) is 10.7. The van der Waals surface area contributed by atoms with Crippen LogP contribution in [0.4, 0.5) is 11.8 Å². The monoisotopic (exact) mass is 238 g/mol. The zero-order valence-electron chi connectivity index (χ0n) is 9.41. The Morgan fingerprint density at radius 2 is 1.89 bits per heavy atom. The molecule has 88 valence electrons. The average Bonchev–Trinajstić information content (AvgIpc) is 2.39. The van der Waals surface area contributed by atoms with E-state index in [1.807, 2.05) is 24.3 Å². The van der Waals surface area contributed by atoms with Crippen LogP contribution in [0.5, 0.6) is 0 Å². The predicted molar refractivity (Wildman–Crippen MR) is 69.4 cm³/mol. The molecule has 0 fully saturated rings. The van der Waals surface area contributed by atoms with E-state index in [9.17, 15) is 0 Å². The van der Waals surface area contributed by atoms with Gasteiger partial charge in [0, 0.05) is 23.3 Å². The standard InChI is InChI=1S/C12H10N6/c13-10-8(9-3-1-2-4-15-9)5-7-6-16-12(14)18-11(7)17-10/h1-6H,(H4,13,14,16,17,18). The van der Waals surface area contributed by atoms with Gasteiger partial charge in [0.2, 0.25) is 5.95 Å². The number of nitrogens with two attached hydrogens (primary N) is 2. The quantitative estimate of drug-likeness (QED) is 0.661. The fourth-order valence-electron chi connectivity index (χ4n) is 1.72. The lowest BCUT2D eigenvalue weighted by Crippen LogP contribution is -2.00. The van der Waals surface area contributed by atoms with Crippen LogP contribution in [0.1, 0.15) is 0 Å². The van der Waals surface area contributed by atoms with Crippen molar-refractivity contribution in [3.05, 3.63) is 36.7 Å². The zero-order valence-corrected chi connectivity index (χ0v) is 9.41. The highest BCUT2D eigenvalue weighted by molar-refractivity contribution is 5.85. The molecule has 18 heavy (non-hydrogen) atoms. The summed E-state index contributed by atoms with van der Waals surface area (Å²) < 4.78 is 0.